The Labute approximate surface area is 223 Å². The third-order valence-electron chi connectivity index (χ3n) is 5.72. The van der Waals surface area contributed by atoms with Gasteiger partial charge in [0.15, 0.2) is 10.3 Å². The second kappa shape index (κ2) is 13.4. The van der Waals surface area contributed by atoms with Gasteiger partial charge in [-0.2, -0.15) is 0 Å². The number of carbonyl (C=O) groups excluding carboxylic acids is 2. The highest BCUT2D eigenvalue weighted by atomic mass is 32.2. The number of thioether (sulfide) groups is 1. The van der Waals surface area contributed by atoms with E-state index >= 15 is 0 Å². The van der Waals surface area contributed by atoms with E-state index in [9.17, 15) is 14.1 Å². The SMILES string of the molecule is Nc1ccc(OCS[C@@H](NC(=O)[C@@H]2CCCN2[S+]([O-])c2ccccc2)C(=O)OCc2ccccc2)cc1. The number of nitrogens with one attached hydrogen (secondary N) is 1. The molecule has 3 atom stereocenters. The van der Waals surface area contributed by atoms with E-state index in [4.69, 9.17) is 15.2 Å². The topological polar surface area (TPSA) is 117 Å². The lowest BCUT2D eigenvalue weighted by Gasteiger charge is -2.26. The van der Waals surface area contributed by atoms with Crippen molar-refractivity contribution in [3.63, 3.8) is 0 Å². The van der Waals surface area contributed by atoms with Crippen LogP contribution in [0.25, 0.3) is 0 Å². The molecule has 0 bridgehead atoms. The van der Waals surface area contributed by atoms with Crippen molar-refractivity contribution in [3.05, 3.63) is 90.5 Å². The molecule has 37 heavy (non-hydrogen) atoms. The summed E-state index contributed by atoms with van der Waals surface area (Å²) in [7, 11) is 0. The predicted octanol–water partition coefficient (Wildman–Crippen LogP) is 3.71. The highest BCUT2D eigenvalue weighted by Gasteiger charge is 2.41. The number of rotatable bonds is 11. The van der Waals surface area contributed by atoms with Gasteiger partial charge >= 0.3 is 5.97 Å². The number of hydrogen-bond acceptors (Lipinski definition) is 8. The maximum Gasteiger partial charge on any atom is 0.339 e. The van der Waals surface area contributed by atoms with E-state index in [-0.39, 0.29) is 18.5 Å². The first-order chi connectivity index (χ1) is 18.0. The normalized spacial score (nSPS) is 17.1. The van der Waals surface area contributed by atoms with Crippen LogP contribution in [-0.2, 0) is 32.3 Å². The molecule has 194 valence electrons. The van der Waals surface area contributed by atoms with Crippen molar-refractivity contribution in [2.75, 3.05) is 18.2 Å². The van der Waals surface area contributed by atoms with Crippen molar-refractivity contribution in [3.8, 4) is 5.75 Å². The molecule has 4 rings (SSSR count). The summed E-state index contributed by atoms with van der Waals surface area (Å²) in [6.07, 6.45) is 1.27. The van der Waals surface area contributed by atoms with Crippen molar-refractivity contribution < 1.29 is 23.6 Å². The number of nitrogen functional groups attached to an aromatic ring is 1. The molecule has 1 fully saturated rings. The van der Waals surface area contributed by atoms with Crippen molar-refractivity contribution in [1.29, 1.82) is 0 Å². The fourth-order valence-corrected chi connectivity index (χ4v) is 5.94. The number of hydrogen-bond donors (Lipinski definition) is 2. The van der Waals surface area contributed by atoms with Crippen LogP contribution < -0.4 is 15.8 Å². The fraction of sp³-hybridized carbons (Fsp3) is 0.259. The molecule has 1 saturated heterocycles. The molecule has 3 aromatic carbocycles. The van der Waals surface area contributed by atoms with E-state index in [0.29, 0.717) is 29.3 Å². The minimum absolute atomic E-state index is 0.0823. The van der Waals surface area contributed by atoms with Crippen LogP contribution >= 0.6 is 11.8 Å². The van der Waals surface area contributed by atoms with Gasteiger partial charge in [-0.15, -0.1) is 4.31 Å². The summed E-state index contributed by atoms with van der Waals surface area (Å²) in [4.78, 5) is 26.9. The smallest absolute Gasteiger partial charge is 0.339 e. The van der Waals surface area contributed by atoms with Gasteiger partial charge in [0.05, 0.1) is 11.4 Å². The predicted molar refractivity (Wildman–Crippen MR) is 145 cm³/mol. The Hall–Kier alpha value is -3.18. The molecule has 0 saturated carbocycles. The summed E-state index contributed by atoms with van der Waals surface area (Å²) in [5.41, 5.74) is 7.17. The molecule has 1 amide bonds. The van der Waals surface area contributed by atoms with E-state index in [1.807, 2.05) is 48.5 Å². The maximum absolute atomic E-state index is 13.3. The molecular weight excluding hydrogens is 510 g/mol. The van der Waals surface area contributed by atoms with Crippen LogP contribution in [0.5, 0.6) is 5.75 Å². The second-order valence-electron chi connectivity index (χ2n) is 8.34. The van der Waals surface area contributed by atoms with Gasteiger partial charge in [0.1, 0.15) is 24.3 Å². The minimum Gasteiger partial charge on any atom is -0.593 e. The second-order valence-corrected chi connectivity index (χ2v) is 10.8. The first-order valence-corrected chi connectivity index (χ1v) is 14.0. The largest absolute Gasteiger partial charge is 0.593 e. The Morgan fingerprint density at radius 3 is 2.43 bits per heavy atom. The molecular formula is C27H29N3O5S2. The number of nitrogens with two attached hydrogens (primary N) is 1. The van der Waals surface area contributed by atoms with Gasteiger partial charge in [0, 0.05) is 12.2 Å². The average molecular weight is 540 g/mol. The first-order valence-electron chi connectivity index (χ1n) is 11.9. The summed E-state index contributed by atoms with van der Waals surface area (Å²) in [5.74, 6) is -0.274. The molecule has 1 aliphatic heterocycles. The van der Waals surface area contributed by atoms with Gasteiger partial charge in [-0.25, -0.2) is 4.79 Å². The molecule has 3 N–H and O–H groups in total. The van der Waals surface area contributed by atoms with Crippen molar-refractivity contribution in [1.82, 2.24) is 9.62 Å². The number of carbonyl (C=O) groups is 2. The number of nitrogens with zero attached hydrogens (tertiary/aromatic N) is 1. The minimum atomic E-state index is -1.48. The van der Waals surface area contributed by atoms with E-state index in [0.717, 1.165) is 23.7 Å². The summed E-state index contributed by atoms with van der Waals surface area (Å²) in [6.45, 7) is 0.606. The lowest BCUT2D eigenvalue weighted by Crippen LogP contribution is -2.50. The Balaban J connectivity index is 1.41. The highest BCUT2D eigenvalue weighted by molar-refractivity contribution is 8.00. The van der Waals surface area contributed by atoms with Crippen LogP contribution in [0, 0.1) is 0 Å². The Morgan fingerprint density at radius 2 is 1.73 bits per heavy atom. The van der Waals surface area contributed by atoms with Crippen LogP contribution in [0.15, 0.2) is 89.8 Å². The van der Waals surface area contributed by atoms with E-state index in [1.165, 1.54) is 0 Å². The van der Waals surface area contributed by atoms with Gasteiger partial charge in [0.2, 0.25) is 5.91 Å². The molecule has 8 nitrogen and oxygen atoms in total. The first kappa shape index (κ1) is 26.9. The lowest BCUT2D eigenvalue weighted by atomic mass is 10.2. The quantitative estimate of drug-likeness (QED) is 0.164. The standard InChI is InChI=1S/C27H29N3O5S2/c28-21-13-15-22(16-14-21)35-19-36-26(27(32)34-18-20-8-3-1-4-9-20)29-25(31)24-12-7-17-30(24)37(33)23-10-5-2-6-11-23/h1-6,8-11,13-16,24,26H,7,12,17-19,28H2,(H,29,31)/t24-,26+,37?/m0/s1. The summed E-state index contributed by atoms with van der Waals surface area (Å²) < 4.78 is 26.0. The molecule has 0 aromatic heterocycles. The number of ether oxygens (including phenoxy) is 2. The van der Waals surface area contributed by atoms with Crippen molar-refractivity contribution >= 4 is 40.7 Å². The molecule has 1 heterocycles. The van der Waals surface area contributed by atoms with Crippen molar-refractivity contribution in [2.24, 2.45) is 0 Å². The number of benzene rings is 3. The number of esters is 1. The fourth-order valence-electron chi connectivity index (χ4n) is 3.81. The molecule has 1 aliphatic rings. The summed E-state index contributed by atoms with van der Waals surface area (Å²) in [6, 6.07) is 24.6. The zero-order chi connectivity index (χ0) is 26.0. The molecule has 1 unspecified atom stereocenters. The van der Waals surface area contributed by atoms with E-state index in [1.54, 1.807) is 40.7 Å². The van der Waals surface area contributed by atoms with Gasteiger partial charge in [-0.1, -0.05) is 60.3 Å². The molecule has 3 aromatic rings. The van der Waals surface area contributed by atoms with Crippen LogP contribution in [0.1, 0.15) is 18.4 Å². The van der Waals surface area contributed by atoms with Gasteiger partial charge in [-0.05, 0) is 54.8 Å². The maximum atomic E-state index is 13.3. The van der Waals surface area contributed by atoms with Gasteiger partial charge in [0.25, 0.3) is 0 Å². The third kappa shape index (κ3) is 7.65. The Kier molecular flexibility index (Phi) is 9.72. The zero-order valence-corrected chi connectivity index (χ0v) is 21.8. The lowest BCUT2D eigenvalue weighted by molar-refractivity contribution is -0.146. The van der Waals surface area contributed by atoms with Crippen LogP contribution in [0.2, 0.25) is 0 Å². The van der Waals surface area contributed by atoms with E-state index < -0.39 is 28.7 Å². The van der Waals surface area contributed by atoms with Crippen molar-refractivity contribution in [2.45, 2.75) is 35.8 Å². The Morgan fingerprint density at radius 1 is 1.05 bits per heavy atom. The number of anilines is 1. The Bertz CT molecular complexity index is 1150. The van der Waals surface area contributed by atoms with Gasteiger partial charge < -0.3 is 25.1 Å². The third-order valence-corrected chi connectivity index (χ3v) is 8.15. The molecule has 0 aliphatic carbocycles. The van der Waals surface area contributed by atoms with Crippen LogP contribution in [-0.4, -0.2) is 44.6 Å². The molecule has 0 spiro atoms. The molecule has 10 heteroatoms. The van der Waals surface area contributed by atoms with E-state index in [2.05, 4.69) is 5.32 Å². The summed E-state index contributed by atoms with van der Waals surface area (Å²) >= 11 is -0.378. The average Bonchev–Trinajstić information content (AvgIpc) is 3.43. The van der Waals surface area contributed by atoms with Crippen LogP contribution in [0.3, 0.4) is 0 Å². The monoisotopic (exact) mass is 539 g/mol. The van der Waals surface area contributed by atoms with Crippen LogP contribution in [0.4, 0.5) is 5.69 Å². The number of amides is 1. The summed E-state index contributed by atoms with van der Waals surface area (Å²) in [5, 5.41) is 1.80. The zero-order valence-electron chi connectivity index (χ0n) is 20.2. The highest BCUT2D eigenvalue weighted by Crippen LogP contribution is 2.27. The molecule has 0 radical (unpaired) electrons. The van der Waals surface area contributed by atoms with Gasteiger partial charge in [-0.3, -0.25) is 4.79 Å².